The summed E-state index contributed by atoms with van der Waals surface area (Å²) in [4.78, 5) is 11.5. The number of alkyl halides is 3. The van der Waals surface area contributed by atoms with Crippen LogP contribution in [0.1, 0.15) is 24.8 Å². The van der Waals surface area contributed by atoms with E-state index in [1.807, 2.05) is 0 Å². The van der Waals surface area contributed by atoms with Crippen LogP contribution in [0.25, 0.3) is 0 Å². The maximum absolute atomic E-state index is 13.3. The van der Waals surface area contributed by atoms with Crippen LogP contribution < -0.4 is 0 Å². The van der Waals surface area contributed by atoms with Crippen molar-refractivity contribution in [3.8, 4) is 0 Å². The molecule has 2 nitrogen and oxygen atoms in total. The Kier molecular flexibility index (Phi) is 5.17. The van der Waals surface area contributed by atoms with Crippen molar-refractivity contribution in [2.24, 2.45) is 0 Å². The first kappa shape index (κ1) is 15.8. The molecule has 19 heavy (non-hydrogen) atoms. The zero-order chi connectivity index (χ0) is 14.6. The summed E-state index contributed by atoms with van der Waals surface area (Å²) in [6.07, 6.45) is -5.97. The largest absolute Gasteiger partial charge is 0.466 e. The van der Waals surface area contributed by atoms with Crippen LogP contribution in [0.2, 0.25) is 5.02 Å². The number of carbonyl (C=O) groups is 1. The average molecular weight is 299 g/mol. The van der Waals surface area contributed by atoms with E-state index in [9.17, 15) is 22.4 Å². The standard InChI is InChI=1S/C12H11ClF4O2/c1-2-19-11(18)8(6-12(15,16)17)7-3-4-9(13)10(14)5-7/h3-5,8H,2,6H2,1H3. The molecule has 0 aliphatic carbocycles. The summed E-state index contributed by atoms with van der Waals surface area (Å²) >= 11 is 5.45. The van der Waals surface area contributed by atoms with Crippen molar-refractivity contribution in [1.29, 1.82) is 0 Å². The normalized spacial score (nSPS) is 13.2. The molecule has 0 aliphatic heterocycles. The Hall–Kier alpha value is -1.30. The number of hydrogen-bond acceptors (Lipinski definition) is 2. The van der Waals surface area contributed by atoms with E-state index in [1.54, 1.807) is 0 Å². The summed E-state index contributed by atoms with van der Waals surface area (Å²) in [6, 6.07) is 3.10. The molecule has 1 aromatic carbocycles. The minimum atomic E-state index is -4.56. The van der Waals surface area contributed by atoms with Gasteiger partial charge in [0.05, 0.1) is 24.0 Å². The van der Waals surface area contributed by atoms with Gasteiger partial charge in [-0.05, 0) is 24.6 Å². The third-order valence-corrected chi connectivity index (χ3v) is 2.66. The Morgan fingerprint density at radius 1 is 1.42 bits per heavy atom. The van der Waals surface area contributed by atoms with Gasteiger partial charge in [-0.15, -0.1) is 0 Å². The number of esters is 1. The molecule has 0 aromatic heterocycles. The van der Waals surface area contributed by atoms with Gasteiger partial charge in [0, 0.05) is 0 Å². The van der Waals surface area contributed by atoms with E-state index < -0.39 is 30.3 Å². The second-order valence-corrected chi connectivity index (χ2v) is 4.20. The fraction of sp³-hybridized carbons (Fsp3) is 0.417. The van der Waals surface area contributed by atoms with Gasteiger partial charge < -0.3 is 4.74 Å². The van der Waals surface area contributed by atoms with Gasteiger partial charge in [-0.1, -0.05) is 17.7 Å². The van der Waals surface area contributed by atoms with Gasteiger partial charge in [0.15, 0.2) is 0 Å². The molecule has 0 bridgehead atoms. The monoisotopic (exact) mass is 298 g/mol. The molecule has 0 N–H and O–H groups in total. The zero-order valence-electron chi connectivity index (χ0n) is 9.93. The van der Waals surface area contributed by atoms with Crippen LogP contribution in [0.5, 0.6) is 0 Å². The minimum Gasteiger partial charge on any atom is -0.466 e. The summed E-state index contributed by atoms with van der Waals surface area (Å²) in [6.45, 7) is 1.42. The van der Waals surface area contributed by atoms with Crippen molar-refractivity contribution < 1.29 is 27.1 Å². The van der Waals surface area contributed by atoms with Crippen LogP contribution >= 0.6 is 11.6 Å². The Bertz CT molecular complexity index is 460. The smallest absolute Gasteiger partial charge is 0.390 e. The minimum absolute atomic E-state index is 0.0523. The molecule has 0 amide bonds. The van der Waals surface area contributed by atoms with Crippen molar-refractivity contribution in [2.45, 2.75) is 25.4 Å². The highest BCUT2D eigenvalue weighted by Crippen LogP contribution is 2.33. The van der Waals surface area contributed by atoms with Crippen LogP contribution in [0, 0.1) is 5.82 Å². The molecule has 1 rings (SSSR count). The maximum atomic E-state index is 13.3. The van der Waals surface area contributed by atoms with E-state index in [4.69, 9.17) is 11.6 Å². The first-order valence-electron chi connectivity index (χ1n) is 5.43. The molecule has 7 heteroatoms. The van der Waals surface area contributed by atoms with Crippen molar-refractivity contribution >= 4 is 17.6 Å². The quantitative estimate of drug-likeness (QED) is 0.618. The van der Waals surface area contributed by atoms with Gasteiger partial charge in [-0.2, -0.15) is 13.2 Å². The summed E-state index contributed by atoms with van der Waals surface area (Å²) in [5.74, 6) is -3.51. The van der Waals surface area contributed by atoms with Gasteiger partial charge in [0.1, 0.15) is 5.82 Å². The molecule has 0 heterocycles. The lowest BCUT2D eigenvalue weighted by Crippen LogP contribution is -2.23. The predicted molar refractivity (Wildman–Crippen MR) is 61.5 cm³/mol. The predicted octanol–water partition coefficient (Wildman–Crippen LogP) is 4.08. The highest BCUT2D eigenvalue weighted by Gasteiger charge is 2.37. The molecule has 1 unspecified atom stereocenters. The van der Waals surface area contributed by atoms with Gasteiger partial charge in [-0.25, -0.2) is 4.39 Å². The molecule has 0 radical (unpaired) electrons. The second-order valence-electron chi connectivity index (χ2n) is 3.80. The fourth-order valence-corrected chi connectivity index (χ4v) is 1.66. The number of carbonyl (C=O) groups excluding carboxylic acids is 1. The Morgan fingerprint density at radius 2 is 2.05 bits per heavy atom. The third kappa shape index (κ3) is 4.70. The van der Waals surface area contributed by atoms with E-state index in [0.29, 0.717) is 0 Å². The van der Waals surface area contributed by atoms with Crippen molar-refractivity contribution in [1.82, 2.24) is 0 Å². The van der Waals surface area contributed by atoms with Crippen LogP contribution in [-0.2, 0) is 9.53 Å². The lowest BCUT2D eigenvalue weighted by molar-refractivity contribution is -0.161. The van der Waals surface area contributed by atoms with Gasteiger partial charge in [0.2, 0.25) is 0 Å². The van der Waals surface area contributed by atoms with Crippen molar-refractivity contribution in [3.63, 3.8) is 0 Å². The molecular formula is C12H11ClF4O2. The Morgan fingerprint density at radius 3 is 2.53 bits per heavy atom. The number of halogens is 5. The highest BCUT2D eigenvalue weighted by molar-refractivity contribution is 6.30. The number of benzene rings is 1. The third-order valence-electron chi connectivity index (χ3n) is 2.35. The van der Waals surface area contributed by atoms with Crippen LogP contribution in [-0.4, -0.2) is 18.8 Å². The SMILES string of the molecule is CCOC(=O)C(CC(F)(F)F)c1ccc(Cl)c(F)c1. The lowest BCUT2D eigenvalue weighted by atomic mass is 9.95. The van der Waals surface area contributed by atoms with E-state index in [2.05, 4.69) is 4.74 Å². The van der Waals surface area contributed by atoms with Crippen LogP contribution in [0.4, 0.5) is 17.6 Å². The summed E-state index contributed by atoms with van der Waals surface area (Å²) in [5.41, 5.74) is -0.113. The van der Waals surface area contributed by atoms with Crippen LogP contribution in [0.3, 0.4) is 0 Å². The molecule has 0 fully saturated rings. The second kappa shape index (κ2) is 6.23. The van der Waals surface area contributed by atoms with E-state index >= 15 is 0 Å². The number of rotatable bonds is 4. The van der Waals surface area contributed by atoms with E-state index in [-0.39, 0.29) is 17.2 Å². The van der Waals surface area contributed by atoms with Crippen molar-refractivity contribution in [2.75, 3.05) is 6.61 Å². The molecule has 106 valence electrons. The van der Waals surface area contributed by atoms with Crippen molar-refractivity contribution in [3.05, 3.63) is 34.6 Å². The maximum Gasteiger partial charge on any atom is 0.390 e. The van der Waals surface area contributed by atoms with Gasteiger partial charge in [0.25, 0.3) is 0 Å². The summed E-state index contributed by atoms with van der Waals surface area (Å²) < 4.78 is 55.2. The molecule has 0 aliphatic rings. The first-order chi connectivity index (χ1) is 8.74. The zero-order valence-corrected chi connectivity index (χ0v) is 10.7. The Labute approximate surface area is 112 Å². The summed E-state index contributed by atoms with van der Waals surface area (Å²) in [7, 11) is 0. The van der Waals surface area contributed by atoms with E-state index in [1.165, 1.54) is 13.0 Å². The molecule has 0 saturated heterocycles. The molecular weight excluding hydrogens is 288 g/mol. The van der Waals surface area contributed by atoms with Crippen LogP contribution in [0.15, 0.2) is 18.2 Å². The molecule has 0 spiro atoms. The molecule has 1 atom stereocenters. The summed E-state index contributed by atoms with van der Waals surface area (Å²) in [5, 5.41) is -0.224. The molecule has 1 aromatic rings. The van der Waals surface area contributed by atoms with Gasteiger partial charge in [-0.3, -0.25) is 4.79 Å². The lowest BCUT2D eigenvalue weighted by Gasteiger charge is -2.18. The number of ether oxygens (including phenoxy) is 1. The van der Waals surface area contributed by atoms with Gasteiger partial charge >= 0.3 is 12.1 Å². The highest BCUT2D eigenvalue weighted by atomic mass is 35.5. The molecule has 0 saturated carbocycles. The fourth-order valence-electron chi connectivity index (χ4n) is 1.54. The topological polar surface area (TPSA) is 26.3 Å². The first-order valence-corrected chi connectivity index (χ1v) is 5.80. The van der Waals surface area contributed by atoms with E-state index in [0.717, 1.165) is 12.1 Å². The number of hydrogen-bond donors (Lipinski definition) is 0. The Balaban J connectivity index is 3.07. The average Bonchev–Trinajstić information content (AvgIpc) is 2.29.